The van der Waals surface area contributed by atoms with Crippen LogP contribution in [0, 0.1) is 0 Å². The van der Waals surface area contributed by atoms with Crippen molar-refractivity contribution in [1.82, 2.24) is 10.6 Å². The molecule has 0 spiro atoms. The minimum absolute atomic E-state index is 0.249. The number of alkyl carbamates (subject to hydrolysis) is 1. The van der Waals surface area contributed by atoms with Crippen LogP contribution in [0.1, 0.15) is 33.6 Å². The fourth-order valence-corrected chi connectivity index (χ4v) is 1.98. The lowest BCUT2D eigenvalue weighted by molar-refractivity contribution is 0.0522. The quantitative estimate of drug-likeness (QED) is 0.717. The second kappa shape index (κ2) is 6.50. The molecule has 0 aromatic carbocycles. The molecular formula is C12H24N2O2S. The number of carbonyl (C=O) groups excluding carboxylic acids is 1. The van der Waals surface area contributed by atoms with E-state index in [9.17, 15) is 4.79 Å². The highest BCUT2D eigenvalue weighted by molar-refractivity contribution is 7.98. The predicted molar refractivity (Wildman–Crippen MR) is 72.6 cm³/mol. The Balaban J connectivity index is 2.05. The Morgan fingerprint density at radius 1 is 1.41 bits per heavy atom. The highest BCUT2D eigenvalue weighted by Crippen LogP contribution is 2.21. The average molecular weight is 260 g/mol. The first-order chi connectivity index (χ1) is 7.92. The zero-order valence-electron chi connectivity index (χ0n) is 11.2. The van der Waals surface area contributed by atoms with Gasteiger partial charge >= 0.3 is 6.09 Å². The molecule has 2 atom stereocenters. The first-order valence-corrected chi connectivity index (χ1v) is 7.53. The minimum Gasteiger partial charge on any atom is -0.444 e. The zero-order valence-corrected chi connectivity index (χ0v) is 12.0. The molecule has 0 aromatic heterocycles. The normalized spacial score (nSPS) is 23.3. The van der Waals surface area contributed by atoms with Gasteiger partial charge in [0.15, 0.2) is 0 Å². The predicted octanol–water partition coefficient (Wildman–Crippen LogP) is 1.99. The number of hydrogen-bond acceptors (Lipinski definition) is 4. The summed E-state index contributed by atoms with van der Waals surface area (Å²) < 4.78 is 5.20. The molecule has 1 rings (SSSR count). The molecule has 1 saturated carbocycles. The van der Waals surface area contributed by atoms with Crippen molar-refractivity contribution in [1.29, 1.82) is 0 Å². The maximum Gasteiger partial charge on any atom is 0.407 e. The summed E-state index contributed by atoms with van der Waals surface area (Å²) in [6.45, 7) is 6.64. The fourth-order valence-electron chi connectivity index (χ4n) is 1.54. The number of carbonyl (C=O) groups is 1. The Hall–Kier alpha value is -0.420. The van der Waals surface area contributed by atoms with Crippen molar-refractivity contribution in [3.8, 4) is 0 Å². The van der Waals surface area contributed by atoms with E-state index in [4.69, 9.17) is 4.74 Å². The van der Waals surface area contributed by atoms with E-state index in [1.807, 2.05) is 32.5 Å². The first kappa shape index (κ1) is 14.6. The van der Waals surface area contributed by atoms with Gasteiger partial charge in [-0.05, 0) is 52.2 Å². The van der Waals surface area contributed by atoms with Crippen molar-refractivity contribution in [2.24, 2.45) is 0 Å². The van der Waals surface area contributed by atoms with Crippen molar-refractivity contribution < 1.29 is 9.53 Å². The minimum atomic E-state index is -0.416. The Bertz CT molecular complexity index is 253. The Kier molecular flexibility index (Phi) is 5.59. The van der Waals surface area contributed by atoms with E-state index in [-0.39, 0.29) is 12.1 Å². The molecule has 2 N–H and O–H groups in total. The van der Waals surface area contributed by atoms with Gasteiger partial charge in [0.1, 0.15) is 5.60 Å². The molecule has 17 heavy (non-hydrogen) atoms. The number of nitrogens with one attached hydrogen (secondary N) is 2. The van der Waals surface area contributed by atoms with Gasteiger partial charge in [-0.25, -0.2) is 4.79 Å². The molecule has 1 aliphatic carbocycles. The highest BCUT2D eigenvalue weighted by atomic mass is 32.2. The maximum atomic E-state index is 11.5. The van der Waals surface area contributed by atoms with Gasteiger partial charge < -0.3 is 15.4 Å². The van der Waals surface area contributed by atoms with Crippen molar-refractivity contribution in [3.63, 3.8) is 0 Å². The summed E-state index contributed by atoms with van der Waals surface area (Å²) in [6.07, 6.45) is 4.00. The van der Waals surface area contributed by atoms with Gasteiger partial charge in [0, 0.05) is 12.1 Å². The van der Waals surface area contributed by atoms with E-state index < -0.39 is 5.60 Å². The van der Waals surface area contributed by atoms with Gasteiger partial charge in [-0.1, -0.05) is 0 Å². The summed E-state index contributed by atoms with van der Waals surface area (Å²) in [5, 5.41) is 6.30. The number of rotatable bonds is 6. The Morgan fingerprint density at radius 2 is 2.12 bits per heavy atom. The van der Waals surface area contributed by atoms with Crippen molar-refractivity contribution >= 4 is 17.9 Å². The van der Waals surface area contributed by atoms with Crippen LogP contribution >= 0.6 is 11.8 Å². The van der Waals surface area contributed by atoms with Crippen LogP contribution in [0.5, 0.6) is 0 Å². The molecular weight excluding hydrogens is 236 g/mol. The summed E-state index contributed by atoms with van der Waals surface area (Å²) in [7, 11) is 0. The molecule has 100 valence electrons. The zero-order chi connectivity index (χ0) is 12.9. The maximum absolute atomic E-state index is 11.5. The number of ether oxygens (including phenoxy) is 1. The molecule has 0 heterocycles. The van der Waals surface area contributed by atoms with Crippen molar-refractivity contribution in [2.75, 3.05) is 18.6 Å². The van der Waals surface area contributed by atoms with Crippen molar-refractivity contribution in [3.05, 3.63) is 0 Å². The second-order valence-electron chi connectivity index (χ2n) is 5.40. The highest BCUT2D eigenvalue weighted by Gasteiger charge is 2.38. The Morgan fingerprint density at radius 3 is 2.71 bits per heavy atom. The molecule has 5 heteroatoms. The van der Waals surface area contributed by atoms with Crippen molar-refractivity contribution in [2.45, 2.75) is 51.3 Å². The molecule has 4 nitrogen and oxygen atoms in total. The standard InChI is InChI=1S/C12H24N2O2S/c1-12(2,3)16-11(15)14-10-8-9(10)13-6-5-7-17-4/h9-10,13H,5-8H2,1-4H3,(H,14,15). The summed E-state index contributed by atoms with van der Waals surface area (Å²) in [4.78, 5) is 11.5. The first-order valence-electron chi connectivity index (χ1n) is 6.14. The van der Waals surface area contributed by atoms with Gasteiger partial charge in [0.2, 0.25) is 0 Å². The van der Waals surface area contributed by atoms with Crippen LogP contribution in [-0.4, -0.2) is 42.3 Å². The van der Waals surface area contributed by atoms with Crippen LogP contribution in [0.3, 0.4) is 0 Å². The van der Waals surface area contributed by atoms with E-state index >= 15 is 0 Å². The summed E-state index contributed by atoms with van der Waals surface area (Å²) >= 11 is 1.86. The van der Waals surface area contributed by atoms with Crippen LogP contribution < -0.4 is 10.6 Å². The largest absolute Gasteiger partial charge is 0.444 e. The molecule has 0 radical (unpaired) electrons. The Labute approximate surface area is 108 Å². The van der Waals surface area contributed by atoms with Crippen LogP contribution in [0.2, 0.25) is 0 Å². The van der Waals surface area contributed by atoms with Crippen LogP contribution in [0.25, 0.3) is 0 Å². The number of amides is 1. The molecule has 1 amide bonds. The molecule has 0 saturated heterocycles. The molecule has 0 aromatic rings. The summed E-state index contributed by atoms with van der Waals surface area (Å²) in [5.41, 5.74) is -0.416. The second-order valence-corrected chi connectivity index (χ2v) is 6.38. The number of thioether (sulfide) groups is 1. The topological polar surface area (TPSA) is 50.4 Å². The third-order valence-corrected chi connectivity index (χ3v) is 3.12. The smallest absolute Gasteiger partial charge is 0.407 e. The lowest BCUT2D eigenvalue weighted by Crippen LogP contribution is -2.36. The SMILES string of the molecule is CSCCCNC1CC1NC(=O)OC(C)(C)C. The van der Waals surface area contributed by atoms with Crippen LogP contribution in [0.4, 0.5) is 4.79 Å². The van der Waals surface area contributed by atoms with Gasteiger partial charge in [-0.3, -0.25) is 0 Å². The summed E-state index contributed by atoms with van der Waals surface area (Å²) in [5.74, 6) is 1.18. The molecule has 2 unspecified atom stereocenters. The molecule has 0 aliphatic heterocycles. The van der Waals surface area contributed by atoms with E-state index in [1.165, 1.54) is 12.2 Å². The van der Waals surface area contributed by atoms with E-state index in [2.05, 4.69) is 16.9 Å². The van der Waals surface area contributed by atoms with E-state index in [0.717, 1.165) is 13.0 Å². The lowest BCUT2D eigenvalue weighted by Gasteiger charge is -2.19. The van der Waals surface area contributed by atoms with Gasteiger partial charge in [0.05, 0.1) is 0 Å². The molecule has 1 aliphatic rings. The fraction of sp³-hybridized carbons (Fsp3) is 0.917. The van der Waals surface area contributed by atoms with Gasteiger partial charge in [0.25, 0.3) is 0 Å². The van der Waals surface area contributed by atoms with Crippen LogP contribution in [0.15, 0.2) is 0 Å². The van der Waals surface area contributed by atoms with E-state index in [0.29, 0.717) is 6.04 Å². The van der Waals surface area contributed by atoms with E-state index in [1.54, 1.807) is 0 Å². The van der Waals surface area contributed by atoms with Crippen LogP contribution in [-0.2, 0) is 4.74 Å². The third-order valence-electron chi connectivity index (χ3n) is 2.42. The lowest BCUT2D eigenvalue weighted by atomic mass is 10.2. The average Bonchev–Trinajstić information content (AvgIpc) is 2.88. The number of hydrogen-bond donors (Lipinski definition) is 2. The third kappa shape index (κ3) is 6.78. The summed E-state index contributed by atoms with van der Waals surface area (Å²) in [6, 6.07) is 0.684. The van der Waals surface area contributed by atoms with Gasteiger partial charge in [-0.2, -0.15) is 11.8 Å². The molecule has 0 bridgehead atoms. The monoisotopic (exact) mass is 260 g/mol. The molecule has 1 fully saturated rings. The van der Waals surface area contributed by atoms with Gasteiger partial charge in [-0.15, -0.1) is 0 Å².